The first-order chi connectivity index (χ1) is 8.34. The minimum atomic E-state index is 0.728. The lowest BCUT2D eigenvalue weighted by molar-refractivity contribution is 0.215. The molecule has 0 bridgehead atoms. The summed E-state index contributed by atoms with van der Waals surface area (Å²) in [7, 11) is 0. The van der Waals surface area contributed by atoms with Crippen LogP contribution >= 0.6 is 0 Å². The number of likely N-dealkylation sites (tertiary alicyclic amines) is 1. The zero-order valence-corrected chi connectivity index (χ0v) is 10.5. The molecule has 0 radical (unpaired) electrons. The third-order valence-corrected chi connectivity index (χ3v) is 4.36. The lowest BCUT2D eigenvalue weighted by Gasteiger charge is -2.29. The molecule has 1 heterocycles. The van der Waals surface area contributed by atoms with E-state index in [-0.39, 0.29) is 0 Å². The summed E-state index contributed by atoms with van der Waals surface area (Å²) in [6.07, 6.45) is 6.66. The van der Waals surface area contributed by atoms with Crippen molar-refractivity contribution in [1.29, 1.82) is 0 Å². The van der Waals surface area contributed by atoms with Gasteiger partial charge in [0.1, 0.15) is 0 Å². The molecule has 2 nitrogen and oxygen atoms in total. The molecule has 1 aromatic carbocycles. The molecule has 1 unspecified atom stereocenters. The van der Waals surface area contributed by atoms with Gasteiger partial charge in [-0.3, -0.25) is 0 Å². The first-order valence-electron chi connectivity index (χ1n) is 6.94. The van der Waals surface area contributed by atoms with Gasteiger partial charge in [0.25, 0.3) is 0 Å². The Bertz CT molecular complexity index is 394. The van der Waals surface area contributed by atoms with Crippen molar-refractivity contribution in [1.82, 2.24) is 4.90 Å². The van der Waals surface area contributed by atoms with E-state index in [4.69, 9.17) is 5.73 Å². The average Bonchev–Trinajstić information content (AvgIpc) is 2.76. The number of anilines is 1. The summed E-state index contributed by atoms with van der Waals surface area (Å²) in [5, 5.41) is 0. The maximum Gasteiger partial charge on any atom is 0.0349 e. The van der Waals surface area contributed by atoms with Crippen molar-refractivity contribution in [2.45, 2.75) is 38.0 Å². The Labute approximate surface area is 104 Å². The van der Waals surface area contributed by atoms with E-state index in [9.17, 15) is 0 Å². The van der Waals surface area contributed by atoms with Crippen molar-refractivity contribution in [2.75, 3.05) is 25.4 Å². The highest BCUT2D eigenvalue weighted by Gasteiger charge is 2.26. The Hall–Kier alpha value is -1.02. The number of nitrogens with zero attached hydrogens (tertiary/aromatic N) is 1. The Morgan fingerprint density at radius 1 is 1.18 bits per heavy atom. The molecule has 0 spiro atoms. The van der Waals surface area contributed by atoms with Crippen LogP contribution in [0.25, 0.3) is 0 Å². The predicted octanol–water partition coefficient (Wildman–Crippen LogP) is 2.78. The molecule has 17 heavy (non-hydrogen) atoms. The van der Waals surface area contributed by atoms with Crippen molar-refractivity contribution in [3.8, 4) is 0 Å². The fourth-order valence-corrected chi connectivity index (χ4v) is 3.41. The van der Waals surface area contributed by atoms with Crippen LogP contribution in [-0.4, -0.2) is 24.5 Å². The van der Waals surface area contributed by atoms with Gasteiger partial charge in [-0.25, -0.2) is 0 Å². The first kappa shape index (κ1) is 11.1. The summed E-state index contributed by atoms with van der Waals surface area (Å²) in [6, 6.07) is 6.44. The molecule has 1 atom stereocenters. The Morgan fingerprint density at radius 3 is 2.82 bits per heavy atom. The highest BCUT2D eigenvalue weighted by atomic mass is 15.1. The average molecular weight is 230 g/mol. The van der Waals surface area contributed by atoms with Gasteiger partial charge >= 0.3 is 0 Å². The fourth-order valence-electron chi connectivity index (χ4n) is 3.41. The molecular formula is C15H22N2. The van der Waals surface area contributed by atoms with Crippen LogP contribution in [0.1, 0.15) is 42.7 Å². The molecule has 1 aliphatic heterocycles. The molecule has 0 amide bonds. The van der Waals surface area contributed by atoms with Gasteiger partial charge in [-0.05, 0) is 61.9 Å². The van der Waals surface area contributed by atoms with Crippen LogP contribution in [-0.2, 0) is 6.42 Å². The third kappa shape index (κ3) is 2.19. The number of rotatable bonds is 2. The zero-order valence-electron chi connectivity index (χ0n) is 10.5. The normalized spacial score (nSPS) is 24.8. The number of piperidine rings is 1. The second-order valence-electron chi connectivity index (χ2n) is 5.51. The van der Waals surface area contributed by atoms with Gasteiger partial charge in [0.05, 0.1) is 0 Å². The Kier molecular flexibility index (Phi) is 3.06. The van der Waals surface area contributed by atoms with E-state index in [1.54, 1.807) is 0 Å². The predicted molar refractivity (Wildman–Crippen MR) is 72.2 cm³/mol. The monoisotopic (exact) mass is 230 g/mol. The quantitative estimate of drug-likeness (QED) is 0.792. The number of hydrogen-bond acceptors (Lipinski definition) is 2. The highest BCUT2D eigenvalue weighted by Crippen LogP contribution is 2.36. The molecule has 2 N–H and O–H groups in total. The van der Waals surface area contributed by atoms with Gasteiger partial charge in [-0.15, -0.1) is 0 Å². The highest BCUT2D eigenvalue weighted by molar-refractivity contribution is 5.54. The minimum Gasteiger partial charge on any atom is -0.398 e. The summed E-state index contributed by atoms with van der Waals surface area (Å²) in [5.74, 6) is 0.728. The van der Waals surface area contributed by atoms with Gasteiger partial charge < -0.3 is 10.6 Å². The molecule has 1 saturated heterocycles. The van der Waals surface area contributed by atoms with E-state index in [1.165, 1.54) is 62.9 Å². The van der Waals surface area contributed by atoms with Gasteiger partial charge in [0.15, 0.2) is 0 Å². The fraction of sp³-hybridized carbons (Fsp3) is 0.600. The number of nitrogen functional groups attached to an aromatic ring is 1. The molecule has 2 heteroatoms. The molecule has 2 aliphatic rings. The zero-order chi connectivity index (χ0) is 11.7. The van der Waals surface area contributed by atoms with Gasteiger partial charge in [0, 0.05) is 12.2 Å². The number of nitrogens with two attached hydrogens (primary N) is 1. The van der Waals surface area contributed by atoms with Crippen LogP contribution in [0.4, 0.5) is 5.69 Å². The molecule has 0 saturated carbocycles. The van der Waals surface area contributed by atoms with Crippen molar-refractivity contribution >= 4 is 5.69 Å². The van der Waals surface area contributed by atoms with Gasteiger partial charge in [-0.2, -0.15) is 0 Å². The smallest absolute Gasteiger partial charge is 0.0349 e. The van der Waals surface area contributed by atoms with Crippen molar-refractivity contribution in [3.05, 3.63) is 29.3 Å². The van der Waals surface area contributed by atoms with Crippen LogP contribution in [0.3, 0.4) is 0 Å². The second kappa shape index (κ2) is 4.69. The molecule has 92 valence electrons. The second-order valence-corrected chi connectivity index (χ2v) is 5.51. The maximum absolute atomic E-state index is 6.05. The molecule has 1 fully saturated rings. The largest absolute Gasteiger partial charge is 0.398 e. The summed E-state index contributed by atoms with van der Waals surface area (Å²) >= 11 is 0. The third-order valence-electron chi connectivity index (χ3n) is 4.36. The van der Waals surface area contributed by atoms with Crippen molar-refractivity contribution in [3.63, 3.8) is 0 Å². The molecule has 3 rings (SSSR count). The van der Waals surface area contributed by atoms with E-state index in [0.717, 1.165) is 11.6 Å². The van der Waals surface area contributed by atoms with E-state index < -0.39 is 0 Å². The Morgan fingerprint density at radius 2 is 2.00 bits per heavy atom. The lowest BCUT2D eigenvalue weighted by Crippen LogP contribution is -2.33. The van der Waals surface area contributed by atoms with E-state index in [0.29, 0.717) is 0 Å². The van der Waals surface area contributed by atoms with Gasteiger partial charge in [0.2, 0.25) is 0 Å². The minimum absolute atomic E-state index is 0.728. The SMILES string of the molecule is Nc1cccc2c1CCC2CN1CCCCC1. The van der Waals surface area contributed by atoms with Crippen molar-refractivity contribution < 1.29 is 0 Å². The molecular weight excluding hydrogens is 208 g/mol. The topological polar surface area (TPSA) is 29.3 Å². The van der Waals surface area contributed by atoms with Crippen molar-refractivity contribution in [2.24, 2.45) is 0 Å². The maximum atomic E-state index is 6.05. The molecule has 1 aliphatic carbocycles. The summed E-state index contributed by atoms with van der Waals surface area (Å²) in [4.78, 5) is 2.65. The Balaban J connectivity index is 1.72. The summed E-state index contributed by atoms with van der Waals surface area (Å²) in [6.45, 7) is 3.85. The van der Waals surface area contributed by atoms with Crippen LogP contribution < -0.4 is 5.73 Å². The first-order valence-corrected chi connectivity index (χ1v) is 6.94. The molecule has 0 aromatic heterocycles. The molecule has 1 aromatic rings. The number of hydrogen-bond donors (Lipinski definition) is 1. The lowest BCUT2D eigenvalue weighted by atomic mass is 9.99. The van der Waals surface area contributed by atoms with Crippen LogP contribution in [0.2, 0.25) is 0 Å². The van der Waals surface area contributed by atoms with E-state index in [2.05, 4.69) is 17.0 Å². The van der Waals surface area contributed by atoms with E-state index >= 15 is 0 Å². The van der Waals surface area contributed by atoms with Gasteiger partial charge in [-0.1, -0.05) is 18.6 Å². The van der Waals surface area contributed by atoms with Crippen LogP contribution in [0.15, 0.2) is 18.2 Å². The van der Waals surface area contributed by atoms with Crippen LogP contribution in [0.5, 0.6) is 0 Å². The number of benzene rings is 1. The number of fused-ring (bicyclic) bond motifs is 1. The standard InChI is InChI=1S/C15H22N2/c16-15-6-4-5-13-12(7-8-14(13)15)11-17-9-2-1-3-10-17/h4-6,12H,1-3,7-11,16H2. The summed E-state index contributed by atoms with van der Waals surface area (Å²) in [5.41, 5.74) is 10.0. The van der Waals surface area contributed by atoms with E-state index in [1.807, 2.05) is 6.07 Å². The van der Waals surface area contributed by atoms with Crippen LogP contribution in [0, 0.1) is 0 Å². The summed E-state index contributed by atoms with van der Waals surface area (Å²) < 4.78 is 0.